The van der Waals surface area contributed by atoms with Crippen molar-refractivity contribution in [3.05, 3.63) is 29.3 Å². The van der Waals surface area contributed by atoms with Crippen LogP contribution in [0.15, 0.2) is 18.2 Å². The molecule has 0 aromatic heterocycles. The molecule has 0 heterocycles. The molecule has 2 heteroatoms. The second-order valence-corrected chi connectivity index (χ2v) is 4.10. The van der Waals surface area contributed by atoms with Gasteiger partial charge in [-0.15, -0.1) is 0 Å². The molecular formula is C10H15NS. The summed E-state index contributed by atoms with van der Waals surface area (Å²) in [5.74, 6) is 2.26. The van der Waals surface area contributed by atoms with Crippen LogP contribution in [0.3, 0.4) is 0 Å². The fourth-order valence-electron chi connectivity index (χ4n) is 1.05. The molecule has 0 aliphatic heterocycles. The van der Waals surface area contributed by atoms with Gasteiger partial charge in [0.25, 0.3) is 0 Å². The van der Waals surface area contributed by atoms with Gasteiger partial charge in [0, 0.05) is 11.4 Å². The summed E-state index contributed by atoms with van der Waals surface area (Å²) in [6.07, 6.45) is 0. The van der Waals surface area contributed by atoms with E-state index in [4.69, 9.17) is 5.73 Å². The zero-order valence-electron chi connectivity index (χ0n) is 7.63. The van der Waals surface area contributed by atoms with Gasteiger partial charge in [-0.1, -0.05) is 19.1 Å². The van der Waals surface area contributed by atoms with E-state index in [0.29, 0.717) is 0 Å². The van der Waals surface area contributed by atoms with Crippen molar-refractivity contribution in [1.82, 2.24) is 0 Å². The van der Waals surface area contributed by atoms with Crippen LogP contribution in [0.25, 0.3) is 0 Å². The Labute approximate surface area is 78.4 Å². The second-order valence-electron chi connectivity index (χ2n) is 2.83. The number of aryl methyl sites for hydroxylation is 1. The Hall–Kier alpha value is -0.630. The van der Waals surface area contributed by atoms with Crippen LogP contribution in [0, 0.1) is 6.92 Å². The molecule has 0 fully saturated rings. The van der Waals surface area contributed by atoms with Crippen molar-refractivity contribution in [2.75, 3.05) is 11.5 Å². The molecule has 0 atom stereocenters. The van der Waals surface area contributed by atoms with Gasteiger partial charge in [0.15, 0.2) is 0 Å². The van der Waals surface area contributed by atoms with E-state index in [9.17, 15) is 0 Å². The molecular weight excluding hydrogens is 166 g/mol. The summed E-state index contributed by atoms with van der Waals surface area (Å²) in [6, 6.07) is 6.25. The highest BCUT2D eigenvalue weighted by molar-refractivity contribution is 7.98. The molecule has 66 valence electrons. The Morgan fingerprint density at radius 3 is 2.75 bits per heavy atom. The summed E-state index contributed by atoms with van der Waals surface area (Å²) >= 11 is 1.93. The van der Waals surface area contributed by atoms with Crippen LogP contribution in [-0.2, 0) is 5.75 Å². The van der Waals surface area contributed by atoms with Crippen LogP contribution in [0.5, 0.6) is 0 Å². The average molecular weight is 181 g/mol. The van der Waals surface area contributed by atoms with Gasteiger partial charge in [-0.05, 0) is 29.9 Å². The minimum Gasteiger partial charge on any atom is -0.399 e. The first kappa shape index (κ1) is 9.46. The Balaban J connectivity index is 2.69. The van der Waals surface area contributed by atoms with E-state index in [0.717, 1.165) is 11.4 Å². The maximum Gasteiger partial charge on any atom is 0.0343 e. The van der Waals surface area contributed by atoms with Crippen molar-refractivity contribution in [3.8, 4) is 0 Å². The van der Waals surface area contributed by atoms with Crippen molar-refractivity contribution in [3.63, 3.8) is 0 Å². The Kier molecular flexibility index (Phi) is 3.48. The van der Waals surface area contributed by atoms with Crippen molar-refractivity contribution in [2.24, 2.45) is 0 Å². The van der Waals surface area contributed by atoms with E-state index in [1.165, 1.54) is 16.9 Å². The van der Waals surface area contributed by atoms with Crippen LogP contribution in [0.4, 0.5) is 5.69 Å². The van der Waals surface area contributed by atoms with Gasteiger partial charge in [-0.2, -0.15) is 11.8 Å². The first-order chi connectivity index (χ1) is 5.74. The molecule has 0 radical (unpaired) electrons. The molecule has 1 aromatic carbocycles. The number of benzene rings is 1. The smallest absolute Gasteiger partial charge is 0.0343 e. The number of thioether (sulfide) groups is 1. The third kappa shape index (κ3) is 2.45. The summed E-state index contributed by atoms with van der Waals surface area (Å²) in [5, 5.41) is 0. The van der Waals surface area contributed by atoms with Crippen LogP contribution in [0.1, 0.15) is 18.1 Å². The summed E-state index contributed by atoms with van der Waals surface area (Å²) < 4.78 is 0. The molecule has 1 nitrogen and oxygen atoms in total. The fourth-order valence-corrected chi connectivity index (χ4v) is 1.67. The lowest BCUT2D eigenvalue weighted by molar-refractivity contribution is 1.35. The first-order valence-corrected chi connectivity index (χ1v) is 5.32. The van der Waals surface area contributed by atoms with Crippen molar-refractivity contribution < 1.29 is 0 Å². The lowest BCUT2D eigenvalue weighted by Gasteiger charge is -2.03. The Morgan fingerprint density at radius 1 is 1.42 bits per heavy atom. The van der Waals surface area contributed by atoms with Gasteiger partial charge in [-0.3, -0.25) is 0 Å². The quantitative estimate of drug-likeness (QED) is 0.726. The Morgan fingerprint density at radius 2 is 2.17 bits per heavy atom. The maximum atomic E-state index is 5.71. The zero-order chi connectivity index (χ0) is 8.97. The Bertz CT molecular complexity index is 258. The summed E-state index contributed by atoms with van der Waals surface area (Å²) in [7, 11) is 0. The van der Waals surface area contributed by atoms with E-state index in [2.05, 4.69) is 26.0 Å². The van der Waals surface area contributed by atoms with E-state index in [-0.39, 0.29) is 0 Å². The summed E-state index contributed by atoms with van der Waals surface area (Å²) in [6.45, 7) is 4.23. The number of hydrogen-bond acceptors (Lipinski definition) is 2. The van der Waals surface area contributed by atoms with Crippen molar-refractivity contribution in [1.29, 1.82) is 0 Å². The number of hydrogen-bond donors (Lipinski definition) is 1. The predicted molar refractivity (Wildman–Crippen MR) is 57.4 cm³/mol. The minimum absolute atomic E-state index is 0.889. The van der Waals surface area contributed by atoms with Crippen molar-refractivity contribution in [2.45, 2.75) is 19.6 Å². The SMILES string of the molecule is CCSCc1ccc(N)c(C)c1. The maximum absolute atomic E-state index is 5.71. The minimum atomic E-state index is 0.889. The molecule has 0 unspecified atom stereocenters. The molecule has 2 N–H and O–H groups in total. The van der Waals surface area contributed by atoms with Gasteiger partial charge in [0.05, 0.1) is 0 Å². The molecule has 0 spiro atoms. The van der Waals surface area contributed by atoms with Crippen LogP contribution in [0.2, 0.25) is 0 Å². The van der Waals surface area contributed by atoms with E-state index < -0.39 is 0 Å². The monoisotopic (exact) mass is 181 g/mol. The number of nitrogen functional groups attached to an aromatic ring is 1. The van der Waals surface area contributed by atoms with Crippen molar-refractivity contribution >= 4 is 17.4 Å². The van der Waals surface area contributed by atoms with Gasteiger partial charge in [-0.25, -0.2) is 0 Å². The molecule has 1 aromatic rings. The molecule has 0 aliphatic carbocycles. The molecule has 0 saturated carbocycles. The number of anilines is 1. The summed E-state index contributed by atoms with van der Waals surface area (Å²) in [4.78, 5) is 0. The normalized spacial score (nSPS) is 10.2. The second kappa shape index (κ2) is 4.41. The molecule has 12 heavy (non-hydrogen) atoms. The topological polar surface area (TPSA) is 26.0 Å². The molecule has 0 amide bonds. The van der Waals surface area contributed by atoms with Gasteiger partial charge < -0.3 is 5.73 Å². The molecule has 1 rings (SSSR count). The molecule has 0 aliphatic rings. The highest BCUT2D eigenvalue weighted by Crippen LogP contribution is 2.17. The lowest BCUT2D eigenvalue weighted by atomic mass is 10.1. The molecule has 0 saturated heterocycles. The van der Waals surface area contributed by atoms with Gasteiger partial charge in [0.2, 0.25) is 0 Å². The lowest BCUT2D eigenvalue weighted by Crippen LogP contribution is -1.90. The van der Waals surface area contributed by atoms with Gasteiger partial charge >= 0.3 is 0 Å². The average Bonchev–Trinajstić information content (AvgIpc) is 2.07. The standard InChI is InChI=1S/C10H15NS/c1-3-12-7-9-4-5-10(11)8(2)6-9/h4-6H,3,7,11H2,1-2H3. The van der Waals surface area contributed by atoms with Gasteiger partial charge in [0.1, 0.15) is 0 Å². The number of nitrogens with two attached hydrogens (primary N) is 1. The molecule has 0 bridgehead atoms. The highest BCUT2D eigenvalue weighted by Gasteiger charge is 1.95. The largest absolute Gasteiger partial charge is 0.399 e. The predicted octanol–water partition coefficient (Wildman–Crippen LogP) is 2.83. The first-order valence-electron chi connectivity index (χ1n) is 4.16. The summed E-state index contributed by atoms with van der Waals surface area (Å²) in [5.41, 5.74) is 9.15. The third-order valence-electron chi connectivity index (χ3n) is 1.81. The van der Waals surface area contributed by atoms with E-state index in [1.807, 2.05) is 17.8 Å². The zero-order valence-corrected chi connectivity index (χ0v) is 8.45. The van der Waals surface area contributed by atoms with Crippen LogP contribution < -0.4 is 5.73 Å². The van der Waals surface area contributed by atoms with E-state index >= 15 is 0 Å². The fraction of sp³-hybridized carbons (Fsp3) is 0.400. The van der Waals surface area contributed by atoms with Crippen LogP contribution in [-0.4, -0.2) is 5.75 Å². The van der Waals surface area contributed by atoms with Crippen LogP contribution >= 0.6 is 11.8 Å². The third-order valence-corrected chi connectivity index (χ3v) is 2.75. The van der Waals surface area contributed by atoms with E-state index in [1.54, 1.807) is 0 Å². The number of rotatable bonds is 3. The highest BCUT2D eigenvalue weighted by atomic mass is 32.2.